The second-order valence-corrected chi connectivity index (χ2v) is 5.58. The van der Waals surface area contributed by atoms with E-state index in [4.69, 9.17) is 0 Å². The average Bonchev–Trinajstić information content (AvgIpc) is 2.29. The van der Waals surface area contributed by atoms with E-state index in [-0.39, 0.29) is 5.41 Å². The summed E-state index contributed by atoms with van der Waals surface area (Å²) < 4.78 is 2.05. The molecule has 0 aliphatic carbocycles. The van der Waals surface area contributed by atoms with E-state index in [1.165, 1.54) is 16.7 Å². The first-order chi connectivity index (χ1) is 7.97. The number of hydrogen-bond donors (Lipinski definition) is 0. The summed E-state index contributed by atoms with van der Waals surface area (Å²) >= 11 is 0. The molecule has 2 aromatic rings. The molecule has 1 nitrogen and oxygen atoms in total. The Bertz CT molecular complexity index is 487. The SMILES string of the molecule is C[n+]1ccc(-c2ccc(C(C)(C)C)cc2)cc1. The summed E-state index contributed by atoms with van der Waals surface area (Å²) in [5.74, 6) is 0. The van der Waals surface area contributed by atoms with Crippen LogP contribution < -0.4 is 4.57 Å². The fourth-order valence-corrected chi connectivity index (χ4v) is 1.86. The van der Waals surface area contributed by atoms with Crippen LogP contribution in [0.3, 0.4) is 0 Å². The minimum atomic E-state index is 0.224. The lowest BCUT2D eigenvalue weighted by Gasteiger charge is -2.19. The van der Waals surface area contributed by atoms with Crippen molar-refractivity contribution in [3.05, 3.63) is 54.4 Å². The molecule has 1 aromatic heterocycles. The van der Waals surface area contributed by atoms with Gasteiger partial charge in [0.05, 0.1) is 0 Å². The Morgan fingerprint density at radius 1 is 0.765 bits per heavy atom. The van der Waals surface area contributed by atoms with Crippen LogP contribution in [0.5, 0.6) is 0 Å². The van der Waals surface area contributed by atoms with E-state index < -0.39 is 0 Å². The molecule has 0 atom stereocenters. The van der Waals surface area contributed by atoms with E-state index in [0.717, 1.165) is 0 Å². The van der Waals surface area contributed by atoms with Crippen LogP contribution in [-0.4, -0.2) is 0 Å². The van der Waals surface area contributed by atoms with E-state index in [1.54, 1.807) is 0 Å². The molecule has 0 N–H and O–H groups in total. The third-order valence-corrected chi connectivity index (χ3v) is 3.06. The second kappa shape index (κ2) is 4.33. The van der Waals surface area contributed by atoms with Crippen molar-refractivity contribution in [2.24, 2.45) is 7.05 Å². The van der Waals surface area contributed by atoms with Crippen LogP contribution in [0.1, 0.15) is 26.3 Å². The summed E-state index contributed by atoms with van der Waals surface area (Å²) in [6, 6.07) is 13.1. The van der Waals surface area contributed by atoms with Crippen LogP contribution in [0.25, 0.3) is 11.1 Å². The van der Waals surface area contributed by atoms with Gasteiger partial charge in [-0.3, -0.25) is 0 Å². The van der Waals surface area contributed by atoms with Gasteiger partial charge in [-0.2, -0.15) is 0 Å². The van der Waals surface area contributed by atoms with Gasteiger partial charge < -0.3 is 0 Å². The molecule has 0 fully saturated rings. The molecule has 0 saturated heterocycles. The minimum Gasteiger partial charge on any atom is -0.208 e. The first kappa shape index (κ1) is 11.8. The van der Waals surface area contributed by atoms with Gasteiger partial charge in [-0.05, 0) is 22.1 Å². The van der Waals surface area contributed by atoms with Gasteiger partial charge in [0.2, 0.25) is 0 Å². The van der Waals surface area contributed by atoms with Crippen molar-refractivity contribution in [3.63, 3.8) is 0 Å². The predicted molar refractivity (Wildman–Crippen MR) is 71.8 cm³/mol. The van der Waals surface area contributed by atoms with Crippen LogP contribution in [0, 0.1) is 0 Å². The maximum Gasteiger partial charge on any atom is 0.169 e. The van der Waals surface area contributed by atoms with Crippen LogP contribution in [0.4, 0.5) is 0 Å². The van der Waals surface area contributed by atoms with Crippen molar-refractivity contribution in [1.82, 2.24) is 0 Å². The highest BCUT2D eigenvalue weighted by Gasteiger charge is 2.13. The monoisotopic (exact) mass is 226 g/mol. The van der Waals surface area contributed by atoms with Crippen LogP contribution >= 0.6 is 0 Å². The molecule has 0 aliphatic rings. The predicted octanol–water partition coefficient (Wildman–Crippen LogP) is 3.48. The molecule has 0 bridgehead atoms. The van der Waals surface area contributed by atoms with Gasteiger partial charge in [-0.25, -0.2) is 4.57 Å². The van der Waals surface area contributed by atoms with Crippen LogP contribution in [-0.2, 0) is 12.5 Å². The lowest BCUT2D eigenvalue weighted by atomic mass is 9.86. The topological polar surface area (TPSA) is 3.88 Å². The molecule has 0 spiro atoms. The number of hydrogen-bond acceptors (Lipinski definition) is 0. The fraction of sp³-hybridized carbons (Fsp3) is 0.312. The van der Waals surface area contributed by atoms with Crippen molar-refractivity contribution in [1.29, 1.82) is 0 Å². The van der Waals surface area contributed by atoms with E-state index in [0.29, 0.717) is 0 Å². The molecule has 1 aromatic carbocycles. The third kappa shape index (κ3) is 2.73. The molecule has 0 saturated carbocycles. The zero-order chi connectivity index (χ0) is 12.5. The van der Waals surface area contributed by atoms with Gasteiger partial charge in [-0.15, -0.1) is 0 Å². The molecule has 0 aliphatic heterocycles. The van der Waals surface area contributed by atoms with Gasteiger partial charge in [-0.1, -0.05) is 45.0 Å². The average molecular weight is 226 g/mol. The van der Waals surface area contributed by atoms with Crippen LogP contribution in [0.2, 0.25) is 0 Å². The molecule has 88 valence electrons. The fourth-order valence-electron chi connectivity index (χ4n) is 1.86. The molecule has 0 amide bonds. The van der Waals surface area contributed by atoms with E-state index in [1.807, 2.05) is 11.6 Å². The Morgan fingerprint density at radius 3 is 1.71 bits per heavy atom. The quantitative estimate of drug-likeness (QED) is 0.655. The molecule has 1 heteroatoms. The lowest BCUT2D eigenvalue weighted by Crippen LogP contribution is -2.25. The Labute approximate surface area is 104 Å². The normalized spacial score (nSPS) is 11.5. The van der Waals surface area contributed by atoms with Gasteiger partial charge in [0, 0.05) is 12.1 Å². The molecular weight excluding hydrogens is 206 g/mol. The maximum atomic E-state index is 2.24. The van der Waals surface area contributed by atoms with E-state index in [9.17, 15) is 0 Å². The van der Waals surface area contributed by atoms with Crippen molar-refractivity contribution in [2.45, 2.75) is 26.2 Å². The molecule has 1 heterocycles. The molecule has 2 rings (SSSR count). The first-order valence-corrected chi connectivity index (χ1v) is 6.03. The highest BCUT2D eigenvalue weighted by atomic mass is 14.9. The summed E-state index contributed by atoms with van der Waals surface area (Å²) in [5, 5.41) is 0. The van der Waals surface area contributed by atoms with Crippen molar-refractivity contribution in [2.75, 3.05) is 0 Å². The summed E-state index contributed by atoms with van der Waals surface area (Å²) in [5.41, 5.74) is 4.15. The molecule has 0 unspecified atom stereocenters. The Morgan fingerprint density at radius 2 is 1.24 bits per heavy atom. The summed E-state index contributed by atoms with van der Waals surface area (Å²) in [7, 11) is 2.03. The first-order valence-electron chi connectivity index (χ1n) is 6.03. The van der Waals surface area contributed by atoms with Gasteiger partial charge in [0.25, 0.3) is 0 Å². The summed E-state index contributed by atoms with van der Waals surface area (Å²) in [4.78, 5) is 0. The standard InChI is InChI=1S/C16H20N/c1-16(2,3)15-7-5-13(6-8-15)14-9-11-17(4)12-10-14/h5-12H,1-4H3/q+1. The minimum absolute atomic E-state index is 0.224. The van der Waals surface area contributed by atoms with Gasteiger partial charge >= 0.3 is 0 Å². The zero-order valence-corrected chi connectivity index (χ0v) is 11.1. The zero-order valence-electron chi connectivity index (χ0n) is 11.1. The summed E-state index contributed by atoms with van der Waals surface area (Å²) in [6.45, 7) is 6.72. The van der Waals surface area contributed by atoms with Gasteiger partial charge in [0.1, 0.15) is 7.05 Å². The van der Waals surface area contributed by atoms with E-state index >= 15 is 0 Å². The highest BCUT2D eigenvalue weighted by molar-refractivity contribution is 5.62. The molecule has 0 radical (unpaired) electrons. The molecule has 17 heavy (non-hydrogen) atoms. The van der Waals surface area contributed by atoms with Crippen molar-refractivity contribution in [3.8, 4) is 11.1 Å². The largest absolute Gasteiger partial charge is 0.208 e. The van der Waals surface area contributed by atoms with Gasteiger partial charge in [0.15, 0.2) is 12.4 Å². The highest BCUT2D eigenvalue weighted by Crippen LogP contribution is 2.25. The number of rotatable bonds is 1. The lowest BCUT2D eigenvalue weighted by molar-refractivity contribution is -0.671. The Hall–Kier alpha value is -1.63. The number of aryl methyl sites for hydroxylation is 1. The molecular formula is C16H20N+. The maximum absolute atomic E-state index is 2.24. The van der Waals surface area contributed by atoms with Crippen LogP contribution in [0.15, 0.2) is 48.8 Å². The Kier molecular flexibility index (Phi) is 3.01. The van der Waals surface area contributed by atoms with E-state index in [2.05, 4.69) is 69.6 Å². The third-order valence-electron chi connectivity index (χ3n) is 3.06. The smallest absolute Gasteiger partial charge is 0.169 e. The van der Waals surface area contributed by atoms with Crippen molar-refractivity contribution >= 4 is 0 Å². The summed E-state index contributed by atoms with van der Waals surface area (Å²) in [6.07, 6.45) is 4.15. The number of pyridine rings is 1. The Balaban J connectivity index is 2.33. The number of nitrogens with zero attached hydrogens (tertiary/aromatic N) is 1. The number of aromatic nitrogens is 1. The number of benzene rings is 1. The van der Waals surface area contributed by atoms with Crippen molar-refractivity contribution < 1.29 is 4.57 Å². The second-order valence-electron chi connectivity index (χ2n) is 5.58.